The van der Waals surface area contributed by atoms with Gasteiger partial charge >= 0.3 is 0 Å². The number of hydrogen-bond donors (Lipinski definition) is 1. The summed E-state index contributed by atoms with van der Waals surface area (Å²) in [6.07, 6.45) is 4.90. The van der Waals surface area contributed by atoms with Crippen molar-refractivity contribution in [3.05, 3.63) is 36.0 Å². The molecule has 1 N–H and O–H groups in total. The molecule has 2 aliphatic rings. The van der Waals surface area contributed by atoms with Crippen LogP contribution in [0, 0.1) is 12.3 Å². The van der Waals surface area contributed by atoms with Crippen molar-refractivity contribution in [2.75, 3.05) is 20.2 Å². The number of amides is 2. The summed E-state index contributed by atoms with van der Waals surface area (Å²) in [5.41, 5.74) is 1.42. The highest BCUT2D eigenvalue weighted by atomic mass is 16.5. The molecule has 0 bridgehead atoms. The van der Waals surface area contributed by atoms with Crippen LogP contribution in [0.3, 0.4) is 0 Å². The monoisotopic (exact) mass is 315 g/mol. The number of carbonyl (C=O) groups excluding carboxylic acids is 2. The lowest BCUT2D eigenvalue weighted by Crippen LogP contribution is -2.41. The molecule has 2 heterocycles. The van der Waals surface area contributed by atoms with Crippen LogP contribution in [0.25, 0.3) is 0 Å². The molecule has 2 amide bonds. The first-order chi connectivity index (χ1) is 11.0. The van der Waals surface area contributed by atoms with Crippen molar-refractivity contribution in [2.45, 2.75) is 25.8 Å². The molecule has 3 rings (SSSR count). The van der Waals surface area contributed by atoms with Crippen LogP contribution in [0.2, 0.25) is 0 Å². The Labute approximate surface area is 135 Å². The first-order valence-corrected chi connectivity index (χ1v) is 7.72. The number of pyridine rings is 1. The third-order valence-corrected chi connectivity index (χ3v) is 4.80. The van der Waals surface area contributed by atoms with Crippen LogP contribution in [0.1, 0.15) is 28.8 Å². The van der Waals surface area contributed by atoms with E-state index in [0.29, 0.717) is 24.5 Å². The van der Waals surface area contributed by atoms with Crippen LogP contribution in [0.15, 0.2) is 24.9 Å². The van der Waals surface area contributed by atoms with Crippen molar-refractivity contribution in [1.82, 2.24) is 15.2 Å². The van der Waals surface area contributed by atoms with Gasteiger partial charge in [-0.25, -0.2) is 4.98 Å². The zero-order chi connectivity index (χ0) is 16.6. The Bertz CT molecular complexity index is 667. The molecule has 6 heteroatoms. The van der Waals surface area contributed by atoms with Crippen LogP contribution >= 0.6 is 0 Å². The molecule has 23 heavy (non-hydrogen) atoms. The van der Waals surface area contributed by atoms with Gasteiger partial charge in [-0.05, 0) is 31.9 Å². The summed E-state index contributed by atoms with van der Waals surface area (Å²) in [5, 5.41) is 2.96. The summed E-state index contributed by atoms with van der Waals surface area (Å²) >= 11 is 0. The summed E-state index contributed by atoms with van der Waals surface area (Å²) in [5.74, 6) is 0.292. The summed E-state index contributed by atoms with van der Waals surface area (Å²) < 4.78 is 5.13. The minimum absolute atomic E-state index is 0.00394. The molecule has 1 aromatic rings. The molecule has 1 aliphatic carbocycles. The number of ether oxygens (including phenoxy) is 1. The number of rotatable bonds is 4. The van der Waals surface area contributed by atoms with Crippen LogP contribution in [-0.2, 0) is 4.79 Å². The quantitative estimate of drug-likeness (QED) is 0.850. The minimum atomic E-state index is -0.183. The van der Waals surface area contributed by atoms with Crippen LogP contribution in [-0.4, -0.2) is 47.9 Å². The summed E-state index contributed by atoms with van der Waals surface area (Å²) in [7, 11) is 1.56. The fourth-order valence-electron chi connectivity index (χ4n) is 3.30. The van der Waals surface area contributed by atoms with Crippen molar-refractivity contribution >= 4 is 11.8 Å². The molecular formula is C17H21N3O3. The minimum Gasteiger partial charge on any atom is -0.481 e. The Morgan fingerprint density at radius 2 is 2.26 bits per heavy atom. The third-order valence-electron chi connectivity index (χ3n) is 4.80. The van der Waals surface area contributed by atoms with Gasteiger partial charge in [0.2, 0.25) is 11.8 Å². The van der Waals surface area contributed by atoms with Crippen LogP contribution < -0.4 is 10.1 Å². The van der Waals surface area contributed by atoms with Crippen LogP contribution in [0.5, 0.6) is 5.88 Å². The van der Waals surface area contributed by atoms with Gasteiger partial charge in [0.15, 0.2) is 0 Å². The lowest BCUT2D eigenvalue weighted by atomic mass is 10.0. The van der Waals surface area contributed by atoms with Crippen molar-refractivity contribution in [3.8, 4) is 5.88 Å². The second-order valence-electron chi connectivity index (χ2n) is 6.36. The Hall–Kier alpha value is -2.37. The van der Waals surface area contributed by atoms with E-state index in [4.69, 9.17) is 4.74 Å². The molecule has 1 saturated carbocycles. The van der Waals surface area contributed by atoms with Gasteiger partial charge in [-0.15, -0.1) is 0 Å². The molecule has 1 spiro atoms. The molecule has 0 radical (unpaired) electrons. The molecule has 0 aromatic carbocycles. The highest BCUT2D eigenvalue weighted by Gasteiger charge is 2.56. The van der Waals surface area contributed by atoms with E-state index in [9.17, 15) is 9.59 Å². The number of nitrogens with one attached hydrogen (secondary N) is 1. The van der Waals surface area contributed by atoms with Crippen molar-refractivity contribution < 1.29 is 14.3 Å². The van der Waals surface area contributed by atoms with E-state index in [1.54, 1.807) is 19.4 Å². The summed E-state index contributed by atoms with van der Waals surface area (Å²) in [6.45, 7) is 6.56. The highest BCUT2D eigenvalue weighted by molar-refractivity contribution is 5.94. The largest absolute Gasteiger partial charge is 0.481 e. The van der Waals surface area contributed by atoms with Gasteiger partial charge < -0.3 is 15.0 Å². The SMILES string of the molecule is C=CC(=O)NC1CN(C(=O)c2cnc(OC)c(C)c2)CC12CC2. The molecule has 6 nitrogen and oxygen atoms in total. The maximum atomic E-state index is 12.7. The molecular weight excluding hydrogens is 294 g/mol. The zero-order valence-corrected chi connectivity index (χ0v) is 13.5. The topological polar surface area (TPSA) is 71.5 Å². The Morgan fingerprint density at radius 1 is 1.52 bits per heavy atom. The molecule has 1 aliphatic heterocycles. The molecule has 1 aromatic heterocycles. The second kappa shape index (κ2) is 5.68. The maximum Gasteiger partial charge on any atom is 0.255 e. The average Bonchev–Trinajstić information content (AvgIpc) is 3.24. The fraction of sp³-hybridized carbons (Fsp3) is 0.471. The number of aromatic nitrogens is 1. The first kappa shape index (κ1) is 15.5. The van der Waals surface area contributed by atoms with Crippen LogP contribution in [0.4, 0.5) is 0 Å². The predicted molar refractivity (Wildman–Crippen MR) is 85.2 cm³/mol. The maximum absolute atomic E-state index is 12.7. The van der Waals surface area contributed by atoms with E-state index in [1.807, 2.05) is 11.8 Å². The molecule has 122 valence electrons. The molecule has 1 saturated heterocycles. The Morgan fingerprint density at radius 3 is 2.83 bits per heavy atom. The summed E-state index contributed by atoms with van der Waals surface area (Å²) in [4.78, 5) is 30.3. The van der Waals surface area contributed by atoms with E-state index in [0.717, 1.165) is 18.4 Å². The van der Waals surface area contributed by atoms with E-state index < -0.39 is 0 Å². The lowest BCUT2D eigenvalue weighted by molar-refractivity contribution is -0.117. The van der Waals surface area contributed by atoms with Gasteiger partial charge in [0.1, 0.15) is 0 Å². The normalized spacial score (nSPS) is 21.1. The molecule has 1 atom stereocenters. The van der Waals surface area contributed by atoms with Gasteiger partial charge in [0.05, 0.1) is 18.7 Å². The number of likely N-dealkylation sites (tertiary alicyclic amines) is 1. The average molecular weight is 315 g/mol. The predicted octanol–water partition coefficient (Wildman–Crippen LogP) is 1.31. The van der Waals surface area contributed by atoms with Gasteiger partial charge in [-0.3, -0.25) is 9.59 Å². The lowest BCUT2D eigenvalue weighted by Gasteiger charge is -2.17. The van der Waals surface area contributed by atoms with E-state index in [2.05, 4.69) is 16.9 Å². The van der Waals surface area contributed by atoms with Crippen molar-refractivity contribution in [2.24, 2.45) is 5.41 Å². The zero-order valence-electron chi connectivity index (χ0n) is 13.5. The fourth-order valence-corrected chi connectivity index (χ4v) is 3.30. The van der Waals surface area contributed by atoms with Gasteiger partial charge in [-0.2, -0.15) is 0 Å². The van der Waals surface area contributed by atoms with E-state index >= 15 is 0 Å². The smallest absolute Gasteiger partial charge is 0.255 e. The highest BCUT2D eigenvalue weighted by Crippen LogP contribution is 2.53. The summed E-state index contributed by atoms with van der Waals surface area (Å²) in [6, 6.07) is 1.80. The number of nitrogens with zero attached hydrogens (tertiary/aromatic N) is 2. The number of carbonyl (C=O) groups is 2. The van der Waals surface area contributed by atoms with Crippen molar-refractivity contribution in [3.63, 3.8) is 0 Å². The number of hydrogen-bond acceptors (Lipinski definition) is 4. The molecule has 1 unspecified atom stereocenters. The Kier molecular flexibility index (Phi) is 3.83. The van der Waals surface area contributed by atoms with Gasteiger partial charge in [-0.1, -0.05) is 6.58 Å². The number of methoxy groups -OCH3 is 1. The van der Waals surface area contributed by atoms with Gasteiger partial charge in [0, 0.05) is 30.3 Å². The second-order valence-corrected chi connectivity index (χ2v) is 6.36. The Balaban J connectivity index is 1.75. The van der Waals surface area contributed by atoms with E-state index in [1.165, 1.54) is 6.08 Å². The third kappa shape index (κ3) is 2.81. The first-order valence-electron chi connectivity index (χ1n) is 7.72. The molecule has 2 fully saturated rings. The standard InChI is InChI=1S/C17H21N3O3/c1-4-14(21)19-13-9-20(10-17(13)5-6-17)16(22)12-7-11(2)15(23-3)18-8-12/h4,7-8,13H,1,5-6,9-10H2,2-3H3,(H,19,21). The van der Waals surface area contributed by atoms with Gasteiger partial charge in [0.25, 0.3) is 5.91 Å². The van der Waals surface area contributed by atoms with E-state index in [-0.39, 0.29) is 23.3 Å². The number of aryl methyl sites for hydroxylation is 1. The van der Waals surface area contributed by atoms with Crippen molar-refractivity contribution in [1.29, 1.82) is 0 Å².